The van der Waals surface area contributed by atoms with E-state index in [1.807, 2.05) is 12.1 Å². The van der Waals surface area contributed by atoms with Crippen LogP contribution in [0.4, 0.5) is 5.69 Å². The fourth-order valence-corrected chi connectivity index (χ4v) is 2.97. The van der Waals surface area contributed by atoms with Gasteiger partial charge in [0.1, 0.15) is 17.5 Å². The van der Waals surface area contributed by atoms with Gasteiger partial charge in [0, 0.05) is 0 Å². The Morgan fingerprint density at radius 3 is 2.28 bits per heavy atom. The summed E-state index contributed by atoms with van der Waals surface area (Å²) >= 11 is 0. The third kappa shape index (κ3) is 2.84. The molecule has 0 unspecified atom stereocenters. The van der Waals surface area contributed by atoms with Crippen molar-refractivity contribution >= 4 is 11.4 Å². The van der Waals surface area contributed by atoms with E-state index in [4.69, 9.17) is 14.2 Å². The normalized spacial score (nSPS) is 15.9. The summed E-state index contributed by atoms with van der Waals surface area (Å²) in [5.74, 6) is 1.38. The lowest BCUT2D eigenvalue weighted by atomic mass is 9.94. The number of anilines is 1. The van der Waals surface area contributed by atoms with Crippen LogP contribution in [-0.2, 0) is 4.74 Å². The Labute approximate surface area is 145 Å². The average molecular weight is 342 g/mol. The van der Waals surface area contributed by atoms with Crippen LogP contribution in [0.25, 0.3) is 5.76 Å². The maximum Gasteiger partial charge on any atom is 0.315 e. The molecular formula is C18H18N2O5. The predicted molar refractivity (Wildman–Crippen MR) is 93.3 cm³/mol. The molecule has 1 aliphatic heterocycles. The van der Waals surface area contributed by atoms with Gasteiger partial charge in [0.15, 0.2) is 0 Å². The van der Waals surface area contributed by atoms with Crippen molar-refractivity contribution in [3.63, 3.8) is 0 Å². The Morgan fingerprint density at radius 1 is 1.00 bits per heavy atom. The van der Waals surface area contributed by atoms with E-state index < -0.39 is 11.0 Å². The summed E-state index contributed by atoms with van der Waals surface area (Å²) in [5, 5.41) is 15.0. The predicted octanol–water partition coefficient (Wildman–Crippen LogP) is 3.46. The van der Waals surface area contributed by atoms with Crippen molar-refractivity contribution < 1.29 is 19.1 Å². The maximum atomic E-state index is 11.8. The highest BCUT2D eigenvalue weighted by Crippen LogP contribution is 2.44. The Kier molecular flexibility index (Phi) is 4.47. The van der Waals surface area contributed by atoms with Gasteiger partial charge in [-0.1, -0.05) is 18.2 Å². The zero-order valence-electron chi connectivity index (χ0n) is 14.1. The van der Waals surface area contributed by atoms with Crippen LogP contribution in [0.3, 0.4) is 0 Å². The van der Waals surface area contributed by atoms with E-state index in [-0.39, 0.29) is 11.5 Å². The molecule has 0 bridgehead atoms. The van der Waals surface area contributed by atoms with Crippen LogP contribution in [-0.4, -0.2) is 26.3 Å². The molecule has 7 nitrogen and oxygen atoms in total. The molecule has 0 saturated carbocycles. The Morgan fingerprint density at radius 2 is 1.72 bits per heavy atom. The first-order valence-electron chi connectivity index (χ1n) is 7.61. The third-order valence-electron chi connectivity index (χ3n) is 4.13. The van der Waals surface area contributed by atoms with Crippen LogP contribution in [0.1, 0.15) is 17.2 Å². The van der Waals surface area contributed by atoms with Crippen LogP contribution in [0.15, 0.2) is 48.2 Å². The van der Waals surface area contributed by atoms with Gasteiger partial charge in [-0.3, -0.25) is 10.1 Å². The van der Waals surface area contributed by atoms with Gasteiger partial charge in [0.25, 0.3) is 0 Å². The van der Waals surface area contributed by atoms with Gasteiger partial charge in [0.2, 0.25) is 5.76 Å². The van der Waals surface area contributed by atoms with E-state index in [2.05, 4.69) is 5.32 Å². The van der Waals surface area contributed by atoms with Crippen molar-refractivity contribution in [2.24, 2.45) is 0 Å². The molecule has 1 atom stereocenters. The number of hydrogen-bond donors (Lipinski definition) is 1. The highest BCUT2D eigenvalue weighted by atomic mass is 16.6. The summed E-state index contributed by atoms with van der Waals surface area (Å²) in [4.78, 5) is 11.4. The van der Waals surface area contributed by atoms with Crippen molar-refractivity contribution in [2.75, 3.05) is 26.6 Å². The quantitative estimate of drug-likeness (QED) is 0.662. The van der Waals surface area contributed by atoms with Crippen LogP contribution in [0, 0.1) is 10.1 Å². The third-order valence-corrected chi connectivity index (χ3v) is 4.13. The van der Waals surface area contributed by atoms with Crippen LogP contribution >= 0.6 is 0 Å². The number of nitrogens with zero attached hydrogens (tertiary/aromatic N) is 1. The van der Waals surface area contributed by atoms with Crippen molar-refractivity contribution in [1.82, 2.24) is 0 Å². The molecule has 0 amide bonds. The van der Waals surface area contributed by atoms with E-state index in [0.717, 1.165) is 5.56 Å². The summed E-state index contributed by atoms with van der Waals surface area (Å²) in [6.07, 6.45) is 0. The Bertz CT molecular complexity index is 830. The van der Waals surface area contributed by atoms with E-state index in [1.165, 1.54) is 14.2 Å². The van der Waals surface area contributed by atoms with E-state index >= 15 is 0 Å². The van der Waals surface area contributed by atoms with E-state index in [1.54, 1.807) is 37.4 Å². The minimum Gasteiger partial charge on any atom is -0.497 e. The fraction of sp³-hybridized carbons (Fsp3) is 0.222. The number of fused-ring (bicyclic) bond motifs is 1. The second-order valence-corrected chi connectivity index (χ2v) is 5.41. The second-order valence-electron chi connectivity index (χ2n) is 5.41. The van der Waals surface area contributed by atoms with Gasteiger partial charge in [0.05, 0.1) is 37.5 Å². The molecule has 0 fully saturated rings. The molecule has 2 aromatic carbocycles. The highest BCUT2D eigenvalue weighted by Gasteiger charge is 2.39. The highest BCUT2D eigenvalue weighted by molar-refractivity contribution is 5.82. The lowest BCUT2D eigenvalue weighted by Gasteiger charge is -2.27. The molecule has 1 aliphatic rings. The first-order chi connectivity index (χ1) is 12.1. The van der Waals surface area contributed by atoms with Gasteiger partial charge in [-0.15, -0.1) is 0 Å². The minimum atomic E-state index is -0.657. The molecule has 2 aromatic rings. The number of nitro groups is 1. The van der Waals surface area contributed by atoms with Crippen molar-refractivity contribution in [2.45, 2.75) is 6.04 Å². The van der Waals surface area contributed by atoms with Gasteiger partial charge < -0.3 is 19.5 Å². The molecule has 1 heterocycles. The SMILES string of the molecule is COC1=C([N+](=O)[O-])[C@H](c2ccc(OC)cc2)Nc2cccc(OC)c21. The van der Waals surface area contributed by atoms with Crippen molar-refractivity contribution in [1.29, 1.82) is 0 Å². The average Bonchev–Trinajstić information content (AvgIpc) is 2.65. The first kappa shape index (κ1) is 16.6. The molecule has 0 spiro atoms. The summed E-state index contributed by atoms with van der Waals surface area (Å²) in [5.41, 5.74) is 1.92. The Hall–Kier alpha value is -3.22. The number of ether oxygens (including phenoxy) is 3. The molecule has 0 saturated heterocycles. The summed E-state index contributed by atoms with van der Waals surface area (Å²) < 4.78 is 15.9. The van der Waals surface area contributed by atoms with Gasteiger partial charge in [-0.2, -0.15) is 0 Å². The van der Waals surface area contributed by atoms with Gasteiger partial charge >= 0.3 is 5.70 Å². The number of nitrogens with one attached hydrogen (secondary N) is 1. The summed E-state index contributed by atoms with van der Waals surface area (Å²) in [7, 11) is 4.51. The molecule has 3 rings (SSSR count). The molecule has 0 aliphatic carbocycles. The summed E-state index contributed by atoms with van der Waals surface area (Å²) in [6.45, 7) is 0. The largest absolute Gasteiger partial charge is 0.497 e. The van der Waals surface area contributed by atoms with E-state index in [9.17, 15) is 10.1 Å². The van der Waals surface area contributed by atoms with Crippen LogP contribution in [0.5, 0.6) is 11.5 Å². The zero-order chi connectivity index (χ0) is 18.0. The molecule has 0 aromatic heterocycles. The topological polar surface area (TPSA) is 82.9 Å². The molecule has 25 heavy (non-hydrogen) atoms. The van der Waals surface area contributed by atoms with E-state index in [0.29, 0.717) is 22.7 Å². The van der Waals surface area contributed by atoms with Crippen LogP contribution < -0.4 is 14.8 Å². The summed E-state index contributed by atoms with van der Waals surface area (Å²) in [6, 6.07) is 11.9. The Balaban J connectivity index is 2.19. The fourth-order valence-electron chi connectivity index (χ4n) is 2.97. The van der Waals surface area contributed by atoms with Gasteiger partial charge in [-0.25, -0.2) is 0 Å². The molecule has 130 valence electrons. The number of rotatable bonds is 5. The minimum absolute atomic E-state index is 0.0651. The molecule has 1 N–H and O–H groups in total. The molecular weight excluding hydrogens is 324 g/mol. The number of hydrogen-bond acceptors (Lipinski definition) is 6. The maximum absolute atomic E-state index is 11.8. The molecule has 7 heteroatoms. The molecule has 0 radical (unpaired) electrons. The standard InChI is InChI=1S/C18H18N2O5/c1-23-12-9-7-11(8-10-12)16-17(20(21)22)18(25-3)15-13(19-16)5-4-6-14(15)24-2/h4-10,16,19H,1-3H3/t16-/m0/s1. The smallest absolute Gasteiger partial charge is 0.315 e. The van der Waals surface area contributed by atoms with Gasteiger partial charge in [-0.05, 0) is 29.8 Å². The lowest BCUT2D eigenvalue weighted by molar-refractivity contribution is -0.429. The van der Waals surface area contributed by atoms with Crippen LogP contribution in [0.2, 0.25) is 0 Å². The van der Waals surface area contributed by atoms with Crippen molar-refractivity contribution in [3.05, 3.63) is 69.4 Å². The second kappa shape index (κ2) is 6.72. The zero-order valence-corrected chi connectivity index (χ0v) is 14.1. The number of benzene rings is 2. The number of methoxy groups -OCH3 is 3. The monoisotopic (exact) mass is 342 g/mol. The first-order valence-corrected chi connectivity index (χ1v) is 7.61. The lowest BCUT2D eigenvalue weighted by Crippen LogP contribution is -2.25. The van der Waals surface area contributed by atoms with Crippen molar-refractivity contribution in [3.8, 4) is 11.5 Å².